The van der Waals surface area contributed by atoms with Gasteiger partial charge < -0.3 is 0 Å². The molecule has 0 aromatic rings. The maximum atomic E-state index is 11.5. The summed E-state index contributed by atoms with van der Waals surface area (Å²) in [5, 5.41) is 0. The first-order chi connectivity index (χ1) is 6.16. The van der Waals surface area contributed by atoms with E-state index < -0.39 is 0 Å². The van der Waals surface area contributed by atoms with Crippen LogP contribution in [0.5, 0.6) is 0 Å². The minimum absolute atomic E-state index is 0.436. The molecule has 1 saturated carbocycles. The Balaban J connectivity index is 1.79. The number of nitrogens with zero attached hydrogens (tertiary/aromatic N) is 1. The Morgan fingerprint density at radius 3 is 2.23 bits per heavy atom. The van der Waals surface area contributed by atoms with E-state index in [0.29, 0.717) is 11.7 Å². The molecular weight excluding hydrogens is 162 g/mol. The van der Waals surface area contributed by atoms with Crippen molar-refractivity contribution in [1.82, 2.24) is 4.90 Å². The summed E-state index contributed by atoms with van der Waals surface area (Å²) in [5.74, 6) is 2.46. The molecule has 0 bridgehead atoms. The van der Waals surface area contributed by atoms with E-state index in [0.717, 1.165) is 44.3 Å². The zero-order valence-electron chi connectivity index (χ0n) is 8.62. The van der Waals surface area contributed by atoms with Gasteiger partial charge in [0.25, 0.3) is 0 Å². The monoisotopic (exact) mass is 181 g/mol. The first-order valence-electron chi connectivity index (χ1n) is 5.42. The van der Waals surface area contributed by atoms with Crippen molar-refractivity contribution < 1.29 is 4.79 Å². The molecule has 2 rings (SSSR count). The lowest BCUT2D eigenvalue weighted by Crippen LogP contribution is -2.28. The number of carbonyl (C=O) groups is 1. The summed E-state index contributed by atoms with van der Waals surface area (Å²) in [6, 6.07) is 0. The summed E-state index contributed by atoms with van der Waals surface area (Å²) >= 11 is 0. The molecule has 13 heavy (non-hydrogen) atoms. The van der Waals surface area contributed by atoms with Crippen LogP contribution in [0, 0.1) is 17.8 Å². The highest BCUT2D eigenvalue weighted by Crippen LogP contribution is 2.31. The van der Waals surface area contributed by atoms with E-state index >= 15 is 0 Å². The fourth-order valence-electron chi connectivity index (χ4n) is 2.13. The minimum atomic E-state index is 0.436. The first-order valence-corrected chi connectivity index (χ1v) is 5.42. The van der Waals surface area contributed by atoms with Gasteiger partial charge in [0.05, 0.1) is 6.54 Å². The van der Waals surface area contributed by atoms with E-state index in [1.54, 1.807) is 0 Å². The average Bonchev–Trinajstić information content (AvgIpc) is 2.81. The van der Waals surface area contributed by atoms with Gasteiger partial charge in [0.2, 0.25) is 0 Å². The second-order valence-corrected chi connectivity index (χ2v) is 4.89. The zero-order valence-corrected chi connectivity index (χ0v) is 8.62. The zero-order chi connectivity index (χ0) is 9.42. The lowest BCUT2D eigenvalue weighted by Gasteiger charge is -2.13. The van der Waals surface area contributed by atoms with Crippen LogP contribution in [0.1, 0.15) is 26.7 Å². The smallest absolute Gasteiger partial charge is 0.149 e. The minimum Gasteiger partial charge on any atom is -0.298 e. The van der Waals surface area contributed by atoms with Crippen molar-refractivity contribution in [3.63, 3.8) is 0 Å². The van der Waals surface area contributed by atoms with Crippen molar-refractivity contribution in [2.24, 2.45) is 17.8 Å². The summed E-state index contributed by atoms with van der Waals surface area (Å²) in [4.78, 5) is 13.9. The number of Topliss-reactive ketones (excluding diaryl/α,β-unsaturated/α-hetero) is 1. The van der Waals surface area contributed by atoms with Crippen molar-refractivity contribution in [3.05, 3.63) is 0 Å². The molecule has 2 heteroatoms. The highest BCUT2D eigenvalue weighted by atomic mass is 16.1. The molecule has 1 heterocycles. The van der Waals surface area contributed by atoms with Gasteiger partial charge in [-0.25, -0.2) is 0 Å². The topological polar surface area (TPSA) is 20.3 Å². The third-order valence-electron chi connectivity index (χ3n) is 3.48. The molecule has 2 fully saturated rings. The Morgan fingerprint density at radius 1 is 1.23 bits per heavy atom. The molecule has 2 nitrogen and oxygen atoms in total. The van der Waals surface area contributed by atoms with Crippen molar-refractivity contribution in [1.29, 1.82) is 0 Å². The number of rotatable bonds is 3. The molecule has 0 radical (unpaired) electrons. The number of hydrogen-bond acceptors (Lipinski definition) is 2. The predicted molar refractivity (Wildman–Crippen MR) is 52.5 cm³/mol. The van der Waals surface area contributed by atoms with Crippen LogP contribution in [0.25, 0.3) is 0 Å². The Labute approximate surface area is 80.3 Å². The maximum absolute atomic E-state index is 11.5. The van der Waals surface area contributed by atoms with E-state index in [2.05, 4.69) is 18.7 Å². The van der Waals surface area contributed by atoms with Crippen LogP contribution in [-0.4, -0.2) is 30.3 Å². The fraction of sp³-hybridized carbons (Fsp3) is 0.909. The van der Waals surface area contributed by atoms with Gasteiger partial charge in [-0.3, -0.25) is 9.69 Å². The van der Waals surface area contributed by atoms with Gasteiger partial charge in [-0.1, -0.05) is 13.8 Å². The van der Waals surface area contributed by atoms with Gasteiger partial charge in [0, 0.05) is 19.0 Å². The molecule has 0 aromatic carbocycles. The molecule has 2 unspecified atom stereocenters. The molecular formula is C11H19NO. The number of likely N-dealkylation sites (tertiary alicyclic amines) is 1. The van der Waals surface area contributed by atoms with Gasteiger partial charge >= 0.3 is 0 Å². The third kappa shape index (κ3) is 2.11. The van der Waals surface area contributed by atoms with Crippen LogP contribution in [0.3, 0.4) is 0 Å². The normalized spacial score (nSPS) is 35.2. The standard InChI is InChI=1S/C11H19NO/c1-8-5-12(6-9(8)2)7-11(13)10-3-4-10/h8-10H,3-7H2,1-2H3. The number of ketones is 1. The van der Waals surface area contributed by atoms with Gasteiger partial charge in [-0.15, -0.1) is 0 Å². The highest BCUT2D eigenvalue weighted by Gasteiger charge is 2.33. The van der Waals surface area contributed by atoms with E-state index in [9.17, 15) is 4.79 Å². The highest BCUT2D eigenvalue weighted by molar-refractivity contribution is 5.85. The van der Waals surface area contributed by atoms with Crippen molar-refractivity contribution in [3.8, 4) is 0 Å². The Hall–Kier alpha value is -0.370. The molecule has 2 atom stereocenters. The van der Waals surface area contributed by atoms with Crippen molar-refractivity contribution >= 4 is 5.78 Å². The number of hydrogen-bond donors (Lipinski definition) is 0. The van der Waals surface area contributed by atoms with Gasteiger partial charge in [-0.05, 0) is 24.7 Å². The Kier molecular flexibility index (Phi) is 2.41. The predicted octanol–water partition coefficient (Wildman–Crippen LogP) is 1.55. The molecule has 74 valence electrons. The van der Waals surface area contributed by atoms with Crippen LogP contribution in [0.2, 0.25) is 0 Å². The van der Waals surface area contributed by atoms with Gasteiger partial charge in [-0.2, -0.15) is 0 Å². The summed E-state index contributed by atoms with van der Waals surface area (Å²) in [7, 11) is 0. The van der Waals surface area contributed by atoms with Crippen molar-refractivity contribution in [2.75, 3.05) is 19.6 Å². The van der Waals surface area contributed by atoms with Crippen LogP contribution < -0.4 is 0 Å². The molecule has 0 aromatic heterocycles. The molecule has 0 amide bonds. The largest absolute Gasteiger partial charge is 0.298 e. The second kappa shape index (κ2) is 3.41. The SMILES string of the molecule is CC1CN(CC(=O)C2CC2)CC1C. The maximum Gasteiger partial charge on any atom is 0.149 e. The number of carbonyl (C=O) groups excluding carboxylic acids is 1. The summed E-state index contributed by atoms with van der Waals surface area (Å²) in [6.07, 6.45) is 2.30. The molecule has 0 spiro atoms. The summed E-state index contributed by atoms with van der Waals surface area (Å²) in [6.45, 7) is 7.54. The van der Waals surface area contributed by atoms with Crippen molar-refractivity contribution in [2.45, 2.75) is 26.7 Å². The van der Waals surface area contributed by atoms with Gasteiger partial charge in [0.1, 0.15) is 5.78 Å². The Morgan fingerprint density at radius 2 is 1.77 bits per heavy atom. The lowest BCUT2D eigenvalue weighted by atomic mass is 10.0. The van der Waals surface area contributed by atoms with Crippen LogP contribution >= 0.6 is 0 Å². The van der Waals surface area contributed by atoms with E-state index in [1.165, 1.54) is 0 Å². The van der Waals surface area contributed by atoms with E-state index in [4.69, 9.17) is 0 Å². The fourth-order valence-corrected chi connectivity index (χ4v) is 2.13. The second-order valence-electron chi connectivity index (χ2n) is 4.89. The average molecular weight is 181 g/mol. The molecule has 1 aliphatic heterocycles. The lowest BCUT2D eigenvalue weighted by molar-refractivity contribution is -0.121. The molecule has 2 aliphatic rings. The van der Waals surface area contributed by atoms with Crippen LogP contribution in [0.15, 0.2) is 0 Å². The summed E-state index contributed by atoms with van der Waals surface area (Å²) in [5.41, 5.74) is 0. The van der Waals surface area contributed by atoms with E-state index in [1.807, 2.05) is 0 Å². The van der Waals surface area contributed by atoms with Gasteiger partial charge in [0.15, 0.2) is 0 Å². The quantitative estimate of drug-likeness (QED) is 0.658. The Bertz CT molecular complexity index is 200. The molecule has 1 aliphatic carbocycles. The molecule has 1 saturated heterocycles. The van der Waals surface area contributed by atoms with Crippen LogP contribution in [-0.2, 0) is 4.79 Å². The van der Waals surface area contributed by atoms with Crippen LogP contribution in [0.4, 0.5) is 0 Å². The molecule has 0 N–H and O–H groups in total. The van der Waals surface area contributed by atoms with E-state index in [-0.39, 0.29) is 0 Å². The third-order valence-corrected chi connectivity index (χ3v) is 3.48. The first kappa shape index (κ1) is 9.20. The summed E-state index contributed by atoms with van der Waals surface area (Å²) < 4.78 is 0.